The standard InChI is InChI=1S/C31H39FN2O3/c1-37-28-12-13-30-29(21-28)25(15-17-33-30)9-5-8-24-16-19-34(22-26(24)11-14-31(35)36)18-3-2-6-23-7-4-10-27(32)20-23/h4,7,10,12-13,15,17,20-21,24,26H,2-3,5-6,8-9,11,14,16,18-19,22H2,1H3,(H,35,36)/t24-,26+/m1/s1. The summed E-state index contributed by atoms with van der Waals surface area (Å²) in [5.41, 5.74) is 3.34. The normalized spacial score (nSPS) is 18.2. The van der Waals surface area contributed by atoms with Crippen LogP contribution in [-0.4, -0.2) is 47.7 Å². The maximum atomic E-state index is 13.4. The summed E-state index contributed by atoms with van der Waals surface area (Å²) in [4.78, 5) is 18.3. The van der Waals surface area contributed by atoms with E-state index in [0.717, 1.165) is 93.2 Å². The molecule has 1 N–H and O–H groups in total. The van der Waals surface area contributed by atoms with E-state index in [1.807, 2.05) is 24.4 Å². The molecule has 2 heterocycles. The van der Waals surface area contributed by atoms with Crippen molar-refractivity contribution in [1.82, 2.24) is 9.88 Å². The van der Waals surface area contributed by atoms with Gasteiger partial charge in [-0.1, -0.05) is 12.1 Å². The van der Waals surface area contributed by atoms with Crippen molar-refractivity contribution in [2.24, 2.45) is 11.8 Å². The molecular weight excluding hydrogens is 467 g/mol. The number of carboxylic acids is 1. The third-order valence-corrected chi connectivity index (χ3v) is 7.84. The average Bonchev–Trinajstić information content (AvgIpc) is 2.90. The van der Waals surface area contributed by atoms with Crippen molar-refractivity contribution in [3.63, 3.8) is 0 Å². The quantitative estimate of drug-likeness (QED) is 0.267. The first kappa shape index (κ1) is 27.1. The van der Waals surface area contributed by atoms with Crippen LogP contribution in [0, 0.1) is 17.7 Å². The molecular formula is C31H39FN2O3. The minimum absolute atomic E-state index is 0.169. The van der Waals surface area contributed by atoms with Crippen LogP contribution in [0.25, 0.3) is 10.9 Å². The molecule has 0 bridgehead atoms. The summed E-state index contributed by atoms with van der Waals surface area (Å²) >= 11 is 0. The number of piperidine rings is 1. The third-order valence-electron chi connectivity index (χ3n) is 7.84. The number of benzene rings is 2. The minimum Gasteiger partial charge on any atom is -0.497 e. The first-order chi connectivity index (χ1) is 18.0. The van der Waals surface area contributed by atoms with Gasteiger partial charge in [0.25, 0.3) is 0 Å². The summed E-state index contributed by atoms with van der Waals surface area (Å²) in [6.07, 6.45) is 10.2. The highest BCUT2D eigenvalue weighted by atomic mass is 19.1. The maximum Gasteiger partial charge on any atom is 0.303 e. The Bertz CT molecular complexity index is 1170. The molecule has 1 fully saturated rings. The molecule has 0 amide bonds. The Kier molecular flexibility index (Phi) is 9.89. The Labute approximate surface area is 219 Å². The van der Waals surface area contributed by atoms with E-state index in [9.17, 15) is 14.3 Å². The predicted octanol–water partition coefficient (Wildman–Crippen LogP) is 6.53. The van der Waals surface area contributed by atoms with Gasteiger partial charge in [0.1, 0.15) is 11.6 Å². The summed E-state index contributed by atoms with van der Waals surface area (Å²) in [5, 5.41) is 10.5. The molecule has 37 heavy (non-hydrogen) atoms. The second kappa shape index (κ2) is 13.5. The number of aryl methyl sites for hydroxylation is 2. The Morgan fingerprint density at radius 3 is 2.78 bits per heavy atom. The van der Waals surface area contributed by atoms with Gasteiger partial charge in [-0.15, -0.1) is 0 Å². The van der Waals surface area contributed by atoms with Gasteiger partial charge in [0, 0.05) is 24.5 Å². The fourth-order valence-corrected chi connectivity index (χ4v) is 5.81. The SMILES string of the molecule is COc1ccc2nccc(CCC[C@@H]3CCN(CCCCc4cccc(F)c4)C[C@@H]3CCC(=O)O)c2c1. The lowest BCUT2D eigenvalue weighted by Gasteiger charge is -2.39. The highest BCUT2D eigenvalue weighted by Crippen LogP contribution is 2.32. The van der Waals surface area contributed by atoms with Gasteiger partial charge in [-0.25, -0.2) is 4.39 Å². The Morgan fingerprint density at radius 2 is 1.97 bits per heavy atom. The number of likely N-dealkylation sites (tertiary alicyclic amines) is 1. The van der Waals surface area contributed by atoms with Crippen LogP contribution in [0.4, 0.5) is 4.39 Å². The number of hydrogen-bond acceptors (Lipinski definition) is 4. The van der Waals surface area contributed by atoms with Crippen LogP contribution in [-0.2, 0) is 17.6 Å². The molecule has 0 unspecified atom stereocenters. The van der Waals surface area contributed by atoms with E-state index >= 15 is 0 Å². The van der Waals surface area contributed by atoms with Crippen molar-refractivity contribution in [3.8, 4) is 5.75 Å². The van der Waals surface area contributed by atoms with Gasteiger partial charge in [0.15, 0.2) is 0 Å². The number of unbranched alkanes of at least 4 members (excludes halogenated alkanes) is 1. The Hall–Kier alpha value is -2.99. The molecule has 5 nitrogen and oxygen atoms in total. The van der Waals surface area contributed by atoms with Crippen molar-refractivity contribution >= 4 is 16.9 Å². The van der Waals surface area contributed by atoms with E-state index in [2.05, 4.69) is 22.0 Å². The molecule has 0 saturated carbocycles. The van der Waals surface area contributed by atoms with Crippen LogP contribution in [0.1, 0.15) is 56.1 Å². The summed E-state index contributed by atoms with van der Waals surface area (Å²) in [5.74, 6) is 0.951. The molecule has 4 rings (SSSR count). The molecule has 0 spiro atoms. The van der Waals surface area contributed by atoms with Gasteiger partial charge >= 0.3 is 5.97 Å². The number of carboxylic acid groups (broad SMARTS) is 1. The van der Waals surface area contributed by atoms with E-state index in [1.54, 1.807) is 19.2 Å². The number of methoxy groups -OCH3 is 1. The second-order valence-electron chi connectivity index (χ2n) is 10.4. The lowest BCUT2D eigenvalue weighted by Crippen LogP contribution is -2.41. The topological polar surface area (TPSA) is 62.7 Å². The molecule has 2 aromatic carbocycles. The number of fused-ring (bicyclic) bond motifs is 1. The third kappa shape index (κ3) is 8.00. The van der Waals surface area contributed by atoms with Crippen LogP contribution >= 0.6 is 0 Å². The number of aromatic nitrogens is 1. The van der Waals surface area contributed by atoms with Gasteiger partial charge in [-0.3, -0.25) is 9.78 Å². The van der Waals surface area contributed by atoms with Crippen molar-refractivity contribution in [2.45, 2.75) is 57.8 Å². The van der Waals surface area contributed by atoms with E-state index in [-0.39, 0.29) is 12.2 Å². The second-order valence-corrected chi connectivity index (χ2v) is 10.4. The highest BCUT2D eigenvalue weighted by Gasteiger charge is 2.29. The van der Waals surface area contributed by atoms with Crippen LogP contribution in [0.3, 0.4) is 0 Å². The van der Waals surface area contributed by atoms with E-state index in [0.29, 0.717) is 11.8 Å². The molecule has 198 valence electrons. The average molecular weight is 507 g/mol. The van der Waals surface area contributed by atoms with E-state index in [1.165, 1.54) is 11.6 Å². The molecule has 0 aliphatic carbocycles. The molecule has 3 aromatic rings. The van der Waals surface area contributed by atoms with Crippen LogP contribution in [0.15, 0.2) is 54.7 Å². The Morgan fingerprint density at radius 1 is 1.08 bits per heavy atom. The molecule has 1 aromatic heterocycles. The summed E-state index contributed by atoms with van der Waals surface area (Å²) in [7, 11) is 1.69. The van der Waals surface area contributed by atoms with Crippen LogP contribution in [0.2, 0.25) is 0 Å². The van der Waals surface area contributed by atoms with E-state index < -0.39 is 5.97 Å². The van der Waals surface area contributed by atoms with Crippen molar-refractivity contribution in [1.29, 1.82) is 0 Å². The van der Waals surface area contributed by atoms with Crippen molar-refractivity contribution in [3.05, 3.63) is 71.7 Å². The monoisotopic (exact) mass is 506 g/mol. The molecule has 0 radical (unpaired) electrons. The summed E-state index contributed by atoms with van der Waals surface area (Å²) in [6, 6.07) is 15.0. The van der Waals surface area contributed by atoms with Crippen LogP contribution in [0.5, 0.6) is 5.75 Å². The molecule has 2 atom stereocenters. The van der Waals surface area contributed by atoms with Gasteiger partial charge in [-0.05, 0) is 124 Å². The van der Waals surface area contributed by atoms with Crippen LogP contribution < -0.4 is 4.74 Å². The molecule has 1 aliphatic heterocycles. The van der Waals surface area contributed by atoms with Gasteiger partial charge < -0.3 is 14.7 Å². The smallest absolute Gasteiger partial charge is 0.303 e. The Balaban J connectivity index is 1.28. The number of aliphatic carboxylic acids is 1. The van der Waals surface area contributed by atoms with Crippen molar-refractivity contribution < 1.29 is 19.0 Å². The summed E-state index contributed by atoms with van der Waals surface area (Å²) < 4.78 is 18.8. The number of pyridine rings is 1. The number of ether oxygens (including phenoxy) is 1. The zero-order valence-electron chi connectivity index (χ0n) is 21.9. The summed E-state index contributed by atoms with van der Waals surface area (Å²) in [6.45, 7) is 3.08. The van der Waals surface area contributed by atoms with E-state index in [4.69, 9.17) is 4.74 Å². The minimum atomic E-state index is -0.705. The number of carbonyl (C=O) groups is 1. The van der Waals surface area contributed by atoms with Gasteiger partial charge in [0.05, 0.1) is 12.6 Å². The number of halogens is 1. The lowest BCUT2D eigenvalue weighted by atomic mass is 9.79. The fraction of sp³-hybridized carbons (Fsp3) is 0.484. The van der Waals surface area contributed by atoms with Gasteiger partial charge in [0.2, 0.25) is 0 Å². The highest BCUT2D eigenvalue weighted by molar-refractivity contribution is 5.83. The largest absolute Gasteiger partial charge is 0.497 e. The number of hydrogen-bond donors (Lipinski definition) is 1. The first-order valence-corrected chi connectivity index (χ1v) is 13.6. The lowest BCUT2D eigenvalue weighted by molar-refractivity contribution is -0.137. The number of nitrogens with zero attached hydrogens (tertiary/aromatic N) is 2. The zero-order chi connectivity index (χ0) is 26.0. The molecule has 1 aliphatic rings. The zero-order valence-corrected chi connectivity index (χ0v) is 21.9. The van der Waals surface area contributed by atoms with Gasteiger partial charge in [-0.2, -0.15) is 0 Å². The van der Waals surface area contributed by atoms with Crippen molar-refractivity contribution in [2.75, 3.05) is 26.7 Å². The number of rotatable bonds is 13. The fourth-order valence-electron chi connectivity index (χ4n) is 5.81. The first-order valence-electron chi connectivity index (χ1n) is 13.6. The predicted molar refractivity (Wildman–Crippen MR) is 145 cm³/mol. The maximum absolute atomic E-state index is 13.4. The molecule has 1 saturated heterocycles. The molecule has 6 heteroatoms.